The van der Waals surface area contributed by atoms with E-state index in [-0.39, 0.29) is 59.6 Å². The highest BCUT2D eigenvalue weighted by molar-refractivity contribution is 5.92. The van der Waals surface area contributed by atoms with E-state index in [1.807, 2.05) is 54.6 Å². The molecule has 1 heterocycles. The number of fused-ring (bicyclic) bond motifs is 7. The van der Waals surface area contributed by atoms with Gasteiger partial charge in [0.2, 0.25) is 0 Å². The van der Waals surface area contributed by atoms with Crippen molar-refractivity contribution in [2.24, 2.45) is 29.6 Å². The Bertz CT molecular complexity index is 5890. The van der Waals surface area contributed by atoms with E-state index < -0.39 is 10.8 Å². The molecule has 7 aromatic carbocycles. The molecule has 0 N–H and O–H groups in total. The Morgan fingerprint density at radius 2 is 1.24 bits per heavy atom. The molecule has 13 atom stereocenters. The molecule has 0 radical (unpaired) electrons. The van der Waals surface area contributed by atoms with Gasteiger partial charge < -0.3 is 24.0 Å². The largest absolute Gasteiger partial charge is 0.489 e. The fraction of sp³-hybridized carbons (Fsp3) is 0.281. The van der Waals surface area contributed by atoms with Crippen LogP contribution in [-0.4, -0.2) is 24.3 Å². The van der Waals surface area contributed by atoms with E-state index in [9.17, 15) is 8.78 Å². The number of hydrogen-bond donors (Lipinski definition) is 0. The molecule has 0 bridgehead atoms. The average molecular weight is 1590 g/mol. The molecular formula is C114H106F2N2O3. The first-order valence-corrected chi connectivity index (χ1v) is 45.0. The van der Waals surface area contributed by atoms with E-state index in [1.54, 1.807) is 18.2 Å². The minimum Gasteiger partial charge on any atom is -0.489 e. The van der Waals surface area contributed by atoms with Gasteiger partial charge in [-0.05, 0) is 302 Å². The number of anilines is 3. The van der Waals surface area contributed by atoms with Gasteiger partial charge in [0.15, 0.2) is 0 Å². The number of hydrogen-bond acceptors (Lipinski definition) is 5. The minimum atomic E-state index is -0.453. The van der Waals surface area contributed by atoms with Crippen molar-refractivity contribution in [3.63, 3.8) is 0 Å². The Labute approximate surface area is 713 Å². The molecule has 7 heteroatoms. The smallest absolute Gasteiger partial charge is 0.127 e. The standard InChI is InChI=1S/C114H106F2N2O3/c1-3-75-29-57-97(58-30-75)119-99-61-41-87(42-62-99)113(85-21-7-5-8-22-85)107-27-13-11-25-101(107)103-65-53-93(71-109(103)113)117(91-49-37-79(38-50-91)83-19-15-17-81(69-83)77-33-45-89(115)46-34-77)95-55-67-105-106-68-56-96(74-112(106)121-111(105)73-95)118(92-51-39-80(40-52-92)84-20-16-18-82(70-84)78-35-47-90(116)48-36-78)94-54-66-104-102-26-12-14-28-108(102)114(110(104)72-94,86-23-9-6-10-24-86)88-43-63-100(64-44-88)120-98-59-31-76(4-2)32-60-98/h3-12,15-23,25-26,29,31-35,39,41,43-47,49,53-61,63-68,71-72,74-75,79,81,84,86-87,92,95,99,105,111H,1-2,13-14,24,27-28,30,36-38,40,42,48,50-52,62,69-70,73H2. The van der Waals surface area contributed by atoms with Crippen LogP contribution in [-0.2, 0) is 15.6 Å². The molecule has 604 valence electrons. The minimum absolute atomic E-state index is 0.00135. The molecule has 0 amide bonds. The van der Waals surface area contributed by atoms with Crippen LogP contribution in [0.1, 0.15) is 184 Å². The van der Waals surface area contributed by atoms with Crippen molar-refractivity contribution in [1.29, 1.82) is 0 Å². The molecule has 13 aliphatic carbocycles. The summed E-state index contributed by atoms with van der Waals surface area (Å²) in [6.07, 6.45) is 79.5. The summed E-state index contributed by atoms with van der Waals surface area (Å²) in [5, 5.41) is 0. The zero-order valence-corrected chi connectivity index (χ0v) is 69.2. The van der Waals surface area contributed by atoms with Crippen LogP contribution in [0, 0.1) is 35.4 Å². The van der Waals surface area contributed by atoms with Gasteiger partial charge in [-0.15, -0.1) is 6.58 Å². The molecule has 0 aromatic heterocycles. The van der Waals surface area contributed by atoms with Crippen LogP contribution in [0.2, 0.25) is 0 Å². The van der Waals surface area contributed by atoms with E-state index in [2.05, 4.69) is 272 Å². The van der Waals surface area contributed by atoms with Gasteiger partial charge >= 0.3 is 0 Å². The van der Waals surface area contributed by atoms with Gasteiger partial charge in [0, 0.05) is 81.9 Å². The highest BCUT2D eigenvalue weighted by Crippen LogP contribution is 2.63. The van der Waals surface area contributed by atoms with E-state index >= 15 is 0 Å². The summed E-state index contributed by atoms with van der Waals surface area (Å²) in [6, 6.07) is 58.4. The number of ether oxygens (including phenoxy) is 3. The predicted octanol–water partition coefficient (Wildman–Crippen LogP) is 28.9. The maximum atomic E-state index is 14.4. The second-order valence-electron chi connectivity index (χ2n) is 35.9. The van der Waals surface area contributed by atoms with Gasteiger partial charge in [0.1, 0.15) is 46.9 Å². The number of rotatable bonds is 20. The molecule has 1 aliphatic heterocycles. The summed E-state index contributed by atoms with van der Waals surface area (Å²) < 4.78 is 49.8. The summed E-state index contributed by atoms with van der Waals surface area (Å²) in [6.45, 7) is 8.04. The summed E-state index contributed by atoms with van der Waals surface area (Å²) >= 11 is 0. The molecule has 21 rings (SSSR count). The van der Waals surface area contributed by atoms with Crippen LogP contribution in [0.25, 0.3) is 17.2 Å². The SMILES string of the molecule is C=Cc1ccc(Oc2ccc(C3(C4C=CC=CC4)C4=C(C=CCC4)c4ccc(N(c5ccc6c(c5)OC5CC(N(C7=CCC(C8=CC=CC(c9ccc(F)cc9)C8)CC7)c7ccc8c(c7)C(c7ccccc7)(C7C=CC(OC9=CCC(C=C)C=C9)CC7)C7=C8C=CCC7)C=CC65)C5CC=C(C6C=CC=C(C7=CC=C(F)CC7)C6)CC5)cc43)cc2)cc1. The lowest BCUT2D eigenvalue weighted by Crippen LogP contribution is -2.41. The Hall–Kier alpha value is -11.8. The second kappa shape index (κ2) is 32.6. The van der Waals surface area contributed by atoms with Crippen LogP contribution in [0.15, 0.2) is 380 Å². The first-order valence-electron chi connectivity index (χ1n) is 45.0. The normalized spacial score (nSPS) is 28.2. The zero-order chi connectivity index (χ0) is 81.1. The first kappa shape index (κ1) is 76.6. The topological polar surface area (TPSA) is 34.2 Å². The maximum Gasteiger partial charge on any atom is 0.127 e. The van der Waals surface area contributed by atoms with Crippen LogP contribution in [0.3, 0.4) is 0 Å². The molecule has 121 heavy (non-hydrogen) atoms. The lowest BCUT2D eigenvalue weighted by atomic mass is 9.60. The lowest BCUT2D eigenvalue weighted by Gasteiger charge is -2.44. The molecule has 7 aromatic rings. The fourth-order valence-corrected chi connectivity index (χ4v) is 23.5. The first-order chi connectivity index (χ1) is 59.6. The van der Waals surface area contributed by atoms with Gasteiger partial charge in [-0.3, -0.25) is 0 Å². The predicted molar refractivity (Wildman–Crippen MR) is 493 cm³/mol. The molecule has 0 fully saturated rings. The number of halogens is 2. The number of allylic oxidation sites excluding steroid dienone is 32. The highest BCUT2D eigenvalue weighted by Gasteiger charge is 2.54. The monoisotopic (exact) mass is 1590 g/mol. The van der Waals surface area contributed by atoms with Crippen molar-refractivity contribution in [3.8, 4) is 17.2 Å². The van der Waals surface area contributed by atoms with Crippen molar-refractivity contribution < 1.29 is 23.0 Å². The summed E-state index contributed by atoms with van der Waals surface area (Å²) in [5.74, 6) is 5.02. The van der Waals surface area contributed by atoms with Crippen molar-refractivity contribution in [3.05, 3.63) is 435 Å². The van der Waals surface area contributed by atoms with Crippen LogP contribution in [0.4, 0.5) is 25.8 Å². The Balaban J connectivity index is 0.636. The summed E-state index contributed by atoms with van der Waals surface area (Å²) in [7, 11) is 0. The average Bonchev–Trinajstić information content (AvgIpc) is 1.54. The third-order valence-corrected chi connectivity index (χ3v) is 29.4. The van der Waals surface area contributed by atoms with Gasteiger partial charge in [0.25, 0.3) is 0 Å². The van der Waals surface area contributed by atoms with Crippen molar-refractivity contribution in [2.45, 2.75) is 169 Å². The van der Waals surface area contributed by atoms with Crippen molar-refractivity contribution in [1.82, 2.24) is 0 Å². The molecular weight excluding hydrogens is 1480 g/mol. The van der Waals surface area contributed by atoms with E-state index in [1.165, 1.54) is 101 Å². The fourth-order valence-electron chi connectivity index (χ4n) is 23.5. The molecule has 5 nitrogen and oxygen atoms in total. The molecule has 0 saturated carbocycles. The van der Waals surface area contributed by atoms with E-state index in [4.69, 9.17) is 14.2 Å². The van der Waals surface area contributed by atoms with Gasteiger partial charge in [-0.1, -0.05) is 242 Å². The Morgan fingerprint density at radius 3 is 1.93 bits per heavy atom. The summed E-state index contributed by atoms with van der Waals surface area (Å²) in [5.41, 5.74) is 27.0. The van der Waals surface area contributed by atoms with E-state index in [0.717, 1.165) is 155 Å². The van der Waals surface area contributed by atoms with Crippen LogP contribution >= 0.6 is 0 Å². The molecule has 0 saturated heterocycles. The van der Waals surface area contributed by atoms with Crippen molar-refractivity contribution in [2.75, 3.05) is 9.80 Å². The maximum absolute atomic E-state index is 14.4. The number of benzene rings is 7. The molecule has 0 spiro atoms. The third-order valence-electron chi connectivity index (χ3n) is 29.4. The van der Waals surface area contributed by atoms with E-state index in [0.29, 0.717) is 24.2 Å². The zero-order valence-electron chi connectivity index (χ0n) is 69.2. The van der Waals surface area contributed by atoms with Crippen LogP contribution < -0.4 is 19.3 Å². The lowest BCUT2D eigenvalue weighted by molar-refractivity contribution is 0.137. The Morgan fingerprint density at radius 1 is 0.504 bits per heavy atom. The van der Waals surface area contributed by atoms with Crippen molar-refractivity contribution >= 4 is 34.3 Å². The molecule has 14 aliphatic rings. The second-order valence-corrected chi connectivity index (χ2v) is 35.9. The summed E-state index contributed by atoms with van der Waals surface area (Å²) in [4.78, 5) is 5.46. The highest BCUT2D eigenvalue weighted by atomic mass is 19.1. The van der Waals surface area contributed by atoms with Crippen LogP contribution in [0.5, 0.6) is 17.2 Å². The quantitative estimate of drug-likeness (QED) is 0.0711. The van der Waals surface area contributed by atoms with Gasteiger partial charge in [0.05, 0.1) is 6.04 Å². The van der Waals surface area contributed by atoms with Gasteiger partial charge in [-0.25, -0.2) is 8.78 Å². The number of nitrogens with zero attached hydrogens (tertiary/aromatic N) is 2. The molecule has 13 unspecified atom stereocenters. The third kappa shape index (κ3) is 14.1. The van der Waals surface area contributed by atoms with Gasteiger partial charge in [-0.2, -0.15) is 0 Å². The Kier molecular flexibility index (Phi) is 20.7.